The van der Waals surface area contributed by atoms with Gasteiger partial charge in [0, 0.05) is 36.0 Å². The molecule has 2 aliphatic carbocycles. The second-order valence-electron chi connectivity index (χ2n) is 6.40. The highest BCUT2D eigenvalue weighted by Crippen LogP contribution is 2.39. The monoisotopic (exact) mass is 436 g/mol. The van der Waals surface area contributed by atoms with Crippen molar-refractivity contribution < 1.29 is 23.9 Å². The summed E-state index contributed by atoms with van der Waals surface area (Å²) < 4.78 is 8.70. The first-order valence-electron chi connectivity index (χ1n) is 8.64. The Labute approximate surface area is 174 Å². The number of ketones is 1. The van der Waals surface area contributed by atoms with Crippen molar-refractivity contribution >= 4 is 51.4 Å². The zero-order valence-electron chi connectivity index (χ0n) is 15.0. The number of Topliss-reactive ketones (excluding diaryl/α,β-unsaturated/α-hetero) is 1. The summed E-state index contributed by atoms with van der Waals surface area (Å²) in [6.07, 6.45) is 5.81. The van der Waals surface area contributed by atoms with Crippen molar-refractivity contribution in [1.29, 1.82) is 0 Å². The SMILES string of the molecule is CC(Cl)OC(=O)Cl.O=C(Cl)OCc1ccccc1.O=C1CC2CCC(C1)C2. The van der Waals surface area contributed by atoms with E-state index in [9.17, 15) is 14.4 Å². The second kappa shape index (κ2) is 13.0. The van der Waals surface area contributed by atoms with Crippen LogP contribution in [0.15, 0.2) is 30.3 Å². The van der Waals surface area contributed by atoms with Crippen molar-refractivity contribution in [3.05, 3.63) is 35.9 Å². The summed E-state index contributed by atoms with van der Waals surface area (Å²) in [5.41, 5.74) is -1.34. The Bertz CT molecular complexity index is 593. The van der Waals surface area contributed by atoms with Crippen LogP contribution >= 0.6 is 34.8 Å². The molecule has 3 atom stereocenters. The number of fused-ring (bicyclic) bond motifs is 2. The molecule has 2 saturated carbocycles. The fraction of sp³-hybridized carbons (Fsp3) is 0.526. The molecule has 0 spiro atoms. The van der Waals surface area contributed by atoms with Crippen LogP contribution in [0.25, 0.3) is 0 Å². The molecule has 0 N–H and O–H groups in total. The zero-order chi connectivity index (χ0) is 20.2. The van der Waals surface area contributed by atoms with E-state index < -0.39 is 16.4 Å². The summed E-state index contributed by atoms with van der Waals surface area (Å²) in [5.74, 6) is 2.10. The fourth-order valence-corrected chi connectivity index (χ4v) is 3.43. The highest BCUT2D eigenvalue weighted by atomic mass is 35.5. The van der Waals surface area contributed by atoms with Crippen molar-refractivity contribution in [3.8, 4) is 0 Å². The molecule has 1 aromatic carbocycles. The van der Waals surface area contributed by atoms with Crippen molar-refractivity contribution in [3.63, 3.8) is 0 Å². The predicted molar refractivity (Wildman–Crippen MR) is 105 cm³/mol. The molecule has 2 fully saturated rings. The number of hydrogen-bond donors (Lipinski definition) is 0. The lowest BCUT2D eigenvalue weighted by Gasteiger charge is -2.15. The van der Waals surface area contributed by atoms with Gasteiger partial charge in [-0.3, -0.25) is 4.79 Å². The third-order valence-electron chi connectivity index (χ3n) is 4.13. The van der Waals surface area contributed by atoms with E-state index in [-0.39, 0.29) is 6.61 Å². The van der Waals surface area contributed by atoms with Crippen LogP contribution < -0.4 is 0 Å². The molecule has 1 aromatic rings. The van der Waals surface area contributed by atoms with Gasteiger partial charge in [0.05, 0.1) is 0 Å². The van der Waals surface area contributed by atoms with Gasteiger partial charge in [0.1, 0.15) is 12.4 Å². The molecule has 2 aliphatic rings. The van der Waals surface area contributed by atoms with Crippen LogP contribution in [0.3, 0.4) is 0 Å². The van der Waals surface area contributed by atoms with E-state index in [4.69, 9.17) is 34.8 Å². The predicted octanol–water partition coefficient (Wildman–Crippen LogP) is 6.27. The highest BCUT2D eigenvalue weighted by molar-refractivity contribution is 6.61. The number of carbonyl (C=O) groups is 3. The summed E-state index contributed by atoms with van der Waals surface area (Å²) in [6.45, 7) is 1.74. The average molecular weight is 438 g/mol. The highest BCUT2D eigenvalue weighted by Gasteiger charge is 2.32. The number of ether oxygens (including phenoxy) is 2. The first-order valence-corrected chi connectivity index (χ1v) is 9.83. The largest absolute Gasteiger partial charge is 0.449 e. The maximum Gasteiger partial charge on any atom is 0.405 e. The van der Waals surface area contributed by atoms with Gasteiger partial charge < -0.3 is 9.47 Å². The number of rotatable bonds is 3. The van der Waals surface area contributed by atoms with Crippen LogP contribution in [0.5, 0.6) is 0 Å². The van der Waals surface area contributed by atoms with Gasteiger partial charge in [-0.25, -0.2) is 9.59 Å². The minimum Gasteiger partial charge on any atom is -0.449 e. The quantitative estimate of drug-likeness (QED) is 0.411. The maximum atomic E-state index is 10.9. The van der Waals surface area contributed by atoms with E-state index in [0.717, 1.165) is 30.2 Å². The molecule has 0 saturated heterocycles. The first kappa shape index (κ1) is 23.7. The Hall–Kier alpha value is -1.30. The van der Waals surface area contributed by atoms with E-state index in [0.29, 0.717) is 5.78 Å². The van der Waals surface area contributed by atoms with Gasteiger partial charge in [0.25, 0.3) is 0 Å². The Morgan fingerprint density at radius 1 is 1.07 bits per heavy atom. The van der Waals surface area contributed by atoms with E-state index in [1.165, 1.54) is 26.2 Å². The average Bonchev–Trinajstić information content (AvgIpc) is 2.92. The van der Waals surface area contributed by atoms with Crippen LogP contribution in [0, 0.1) is 11.8 Å². The number of benzene rings is 1. The normalized spacial score (nSPS) is 21.0. The van der Waals surface area contributed by atoms with E-state index >= 15 is 0 Å². The van der Waals surface area contributed by atoms with E-state index in [2.05, 4.69) is 9.47 Å². The van der Waals surface area contributed by atoms with Crippen LogP contribution in [0.1, 0.15) is 44.6 Å². The van der Waals surface area contributed by atoms with Crippen LogP contribution in [-0.2, 0) is 20.9 Å². The van der Waals surface area contributed by atoms with Gasteiger partial charge in [-0.15, -0.1) is 0 Å². The Kier molecular flexibility index (Phi) is 11.4. The van der Waals surface area contributed by atoms with Gasteiger partial charge >= 0.3 is 10.9 Å². The Morgan fingerprint density at radius 2 is 1.63 bits per heavy atom. The minimum absolute atomic E-state index is 0.239. The molecule has 0 amide bonds. The topological polar surface area (TPSA) is 69.7 Å². The number of hydrogen-bond acceptors (Lipinski definition) is 5. The summed E-state index contributed by atoms with van der Waals surface area (Å²) in [6, 6.07) is 9.36. The van der Waals surface area contributed by atoms with Gasteiger partial charge in [0.2, 0.25) is 0 Å². The Balaban J connectivity index is 0.000000208. The standard InChI is InChI=1S/C8H7ClO2.C8H12O.C3H4Cl2O2/c9-8(10)11-6-7-4-2-1-3-5-7;9-8-4-6-1-2-7(3-6)5-8;1-2(4)7-3(5)6/h1-5H,6H2;6-7H,1-5H2;2H,1H3. The minimum atomic E-state index is -0.873. The van der Waals surface area contributed by atoms with E-state index in [1.807, 2.05) is 30.3 Å². The number of alkyl halides is 1. The van der Waals surface area contributed by atoms with Crippen molar-refractivity contribution in [2.24, 2.45) is 11.8 Å². The molecule has 2 bridgehead atoms. The molecule has 0 heterocycles. The van der Waals surface area contributed by atoms with Crippen molar-refractivity contribution in [2.45, 2.75) is 51.2 Å². The number of halogens is 3. The lowest BCUT2D eigenvalue weighted by molar-refractivity contribution is -0.121. The van der Waals surface area contributed by atoms with Gasteiger partial charge in [0.15, 0.2) is 5.56 Å². The molecule has 0 aromatic heterocycles. The van der Waals surface area contributed by atoms with Gasteiger partial charge in [-0.1, -0.05) is 41.9 Å². The molecular weight excluding hydrogens is 415 g/mol. The van der Waals surface area contributed by atoms with Gasteiger partial charge in [-0.05, 0) is 43.6 Å². The maximum absolute atomic E-state index is 10.9. The van der Waals surface area contributed by atoms with Crippen molar-refractivity contribution in [2.75, 3.05) is 0 Å². The third kappa shape index (κ3) is 11.9. The molecule has 150 valence electrons. The lowest BCUT2D eigenvalue weighted by atomic mass is 9.88. The molecule has 3 rings (SSSR count). The number of carbonyl (C=O) groups excluding carboxylic acids is 3. The second-order valence-corrected chi connectivity index (χ2v) is 7.63. The first-order chi connectivity index (χ1) is 12.8. The molecule has 3 unspecified atom stereocenters. The van der Waals surface area contributed by atoms with E-state index in [1.54, 1.807) is 0 Å². The Morgan fingerprint density at radius 3 is 2.04 bits per heavy atom. The summed E-state index contributed by atoms with van der Waals surface area (Å²) in [5, 5.41) is 0. The smallest absolute Gasteiger partial charge is 0.405 e. The van der Waals surface area contributed by atoms with Gasteiger partial charge in [-0.2, -0.15) is 0 Å². The lowest BCUT2D eigenvalue weighted by Crippen LogP contribution is -2.14. The summed E-state index contributed by atoms with van der Waals surface area (Å²) in [7, 11) is 0. The fourth-order valence-electron chi connectivity index (χ4n) is 3.12. The van der Waals surface area contributed by atoms with Crippen LogP contribution in [-0.4, -0.2) is 22.2 Å². The zero-order valence-corrected chi connectivity index (χ0v) is 17.3. The molecule has 0 aliphatic heterocycles. The molecule has 5 nitrogen and oxygen atoms in total. The summed E-state index contributed by atoms with van der Waals surface area (Å²) >= 11 is 14.8. The summed E-state index contributed by atoms with van der Waals surface area (Å²) in [4.78, 5) is 30.8. The molecule has 0 radical (unpaired) electrons. The van der Waals surface area contributed by atoms with Crippen LogP contribution in [0.4, 0.5) is 9.59 Å². The third-order valence-corrected chi connectivity index (χ3v) is 4.42. The van der Waals surface area contributed by atoms with Crippen molar-refractivity contribution in [1.82, 2.24) is 0 Å². The molecule has 8 heteroatoms. The molecular formula is C19H23Cl3O5. The molecule has 27 heavy (non-hydrogen) atoms. The van der Waals surface area contributed by atoms with Crippen LogP contribution in [0.2, 0.25) is 0 Å².